The number of benzene rings is 10. The van der Waals surface area contributed by atoms with Crippen LogP contribution in [-0.4, -0.2) is 0 Å². The van der Waals surface area contributed by atoms with Crippen LogP contribution < -0.4 is 4.74 Å². The van der Waals surface area contributed by atoms with Gasteiger partial charge in [-0.2, -0.15) is 0 Å². The molecule has 0 aromatic heterocycles. The molecule has 0 amide bonds. The fourth-order valence-corrected chi connectivity index (χ4v) is 11.4. The third-order valence-electron chi connectivity index (χ3n) is 13.8. The molecule has 60 heavy (non-hydrogen) atoms. The number of aryl methyl sites for hydroxylation is 1. The molecule has 0 N–H and O–H groups in total. The Bertz CT molecular complexity index is 3380. The minimum atomic E-state index is -0.588. The van der Waals surface area contributed by atoms with E-state index in [1.54, 1.807) is 0 Å². The Labute approximate surface area is 349 Å². The average molecular weight is 763 g/mol. The van der Waals surface area contributed by atoms with Gasteiger partial charge in [-0.05, 0) is 132 Å². The van der Waals surface area contributed by atoms with Gasteiger partial charge in [0.1, 0.15) is 11.5 Å². The highest BCUT2D eigenvalue weighted by atomic mass is 16.5. The molecular formula is C59H38O. The third kappa shape index (κ3) is 4.31. The molecule has 1 aliphatic heterocycles. The van der Waals surface area contributed by atoms with Crippen LogP contribution in [0.1, 0.15) is 50.1 Å². The van der Waals surface area contributed by atoms with E-state index in [-0.39, 0.29) is 0 Å². The minimum Gasteiger partial charge on any atom is -0.457 e. The molecule has 1 nitrogen and oxygen atoms in total. The summed E-state index contributed by atoms with van der Waals surface area (Å²) in [6, 6.07) is 79.3. The molecule has 1 heteroatoms. The fourth-order valence-electron chi connectivity index (χ4n) is 11.4. The zero-order valence-corrected chi connectivity index (χ0v) is 33.1. The average Bonchev–Trinajstić information content (AvgIpc) is 3.75. The monoisotopic (exact) mass is 762 g/mol. The summed E-state index contributed by atoms with van der Waals surface area (Å²) in [5.41, 5.74) is 17.7. The Kier molecular flexibility index (Phi) is 6.85. The van der Waals surface area contributed by atoms with Crippen LogP contribution in [0.4, 0.5) is 0 Å². The SMILES string of the molecule is Cc1cccc(C2(c3ccccc3)c3cc(-c4ccc5c(c4)C4(c6ccccc6-c6ccccc64)c4c(ccc6ccccc46)O5)ccc3-c3cc4ccccc4cc32)c1. The summed E-state index contributed by atoms with van der Waals surface area (Å²) in [5, 5.41) is 4.93. The first kappa shape index (κ1) is 33.5. The van der Waals surface area contributed by atoms with E-state index in [2.05, 4.69) is 219 Å². The highest BCUT2D eigenvalue weighted by molar-refractivity contribution is 5.99. The van der Waals surface area contributed by atoms with E-state index in [0.29, 0.717) is 0 Å². The van der Waals surface area contributed by atoms with E-state index in [1.807, 2.05) is 0 Å². The Balaban J connectivity index is 1.11. The Morgan fingerprint density at radius 2 is 0.917 bits per heavy atom. The van der Waals surface area contributed by atoms with Crippen molar-refractivity contribution in [2.45, 2.75) is 17.8 Å². The maximum absolute atomic E-state index is 7.01. The van der Waals surface area contributed by atoms with Crippen LogP contribution in [0.5, 0.6) is 11.5 Å². The lowest BCUT2D eigenvalue weighted by Gasteiger charge is -2.40. The van der Waals surface area contributed by atoms with Crippen molar-refractivity contribution in [2.24, 2.45) is 0 Å². The molecule has 0 fully saturated rings. The Hall–Kier alpha value is -7.48. The van der Waals surface area contributed by atoms with Crippen molar-refractivity contribution in [3.8, 4) is 44.9 Å². The van der Waals surface area contributed by atoms with Crippen molar-refractivity contribution in [3.05, 3.63) is 262 Å². The summed E-state index contributed by atoms with van der Waals surface area (Å²) < 4.78 is 7.01. The van der Waals surface area contributed by atoms with Crippen LogP contribution in [0.3, 0.4) is 0 Å². The van der Waals surface area contributed by atoms with Crippen molar-refractivity contribution in [2.75, 3.05) is 0 Å². The predicted molar refractivity (Wildman–Crippen MR) is 246 cm³/mol. The lowest BCUT2D eigenvalue weighted by Crippen LogP contribution is -2.32. The van der Waals surface area contributed by atoms with Gasteiger partial charge in [0.2, 0.25) is 0 Å². The van der Waals surface area contributed by atoms with E-state index in [9.17, 15) is 0 Å². The van der Waals surface area contributed by atoms with Gasteiger partial charge < -0.3 is 4.74 Å². The van der Waals surface area contributed by atoms with E-state index in [1.165, 1.54) is 99.4 Å². The highest BCUT2D eigenvalue weighted by Crippen LogP contribution is 2.64. The Morgan fingerprint density at radius 3 is 1.68 bits per heavy atom. The number of hydrogen-bond donors (Lipinski definition) is 0. The maximum atomic E-state index is 7.01. The largest absolute Gasteiger partial charge is 0.457 e. The van der Waals surface area contributed by atoms with Crippen molar-refractivity contribution < 1.29 is 4.74 Å². The first-order valence-electron chi connectivity index (χ1n) is 21.0. The molecule has 2 aliphatic carbocycles. The molecular weight excluding hydrogens is 725 g/mol. The standard InChI is InChI=1S/C59H38O/c1-37-14-13-20-44(32-37)58(43-18-3-2-4-19-43)52-35-41(26-29-48(52)49-33-39-16-5-6-17-40(39)34-53(49)58)42-28-30-55-54(36-42)59(57-45-21-8-7-15-38(45)27-31-56(57)60-55)50-24-11-9-22-46(50)47-23-10-12-25-51(47)59/h2-36H,1H3. The quantitative estimate of drug-likeness (QED) is 0.174. The summed E-state index contributed by atoms with van der Waals surface area (Å²) in [5.74, 6) is 1.81. The summed E-state index contributed by atoms with van der Waals surface area (Å²) in [4.78, 5) is 0. The van der Waals surface area contributed by atoms with Crippen LogP contribution in [-0.2, 0) is 10.8 Å². The van der Waals surface area contributed by atoms with Crippen LogP contribution in [0.15, 0.2) is 212 Å². The second kappa shape index (κ2) is 12.3. The maximum Gasteiger partial charge on any atom is 0.132 e. The van der Waals surface area contributed by atoms with Gasteiger partial charge in [0.15, 0.2) is 0 Å². The lowest BCUT2D eigenvalue weighted by molar-refractivity contribution is 0.438. The molecule has 0 radical (unpaired) electrons. The molecule has 13 rings (SSSR count). The van der Waals surface area contributed by atoms with Crippen LogP contribution in [0.25, 0.3) is 54.9 Å². The molecule has 280 valence electrons. The van der Waals surface area contributed by atoms with Crippen molar-refractivity contribution in [1.29, 1.82) is 0 Å². The molecule has 10 aromatic rings. The zero-order chi connectivity index (χ0) is 39.6. The summed E-state index contributed by atoms with van der Waals surface area (Å²) in [6.07, 6.45) is 0. The van der Waals surface area contributed by atoms with E-state index in [0.717, 1.165) is 17.1 Å². The summed E-state index contributed by atoms with van der Waals surface area (Å²) >= 11 is 0. The zero-order valence-electron chi connectivity index (χ0n) is 33.1. The smallest absolute Gasteiger partial charge is 0.132 e. The van der Waals surface area contributed by atoms with Gasteiger partial charge in [0, 0.05) is 11.1 Å². The first-order valence-corrected chi connectivity index (χ1v) is 21.0. The van der Waals surface area contributed by atoms with Gasteiger partial charge in [-0.3, -0.25) is 0 Å². The van der Waals surface area contributed by atoms with E-state index < -0.39 is 10.8 Å². The van der Waals surface area contributed by atoms with Gasteiger partial charge in [-0.15, -0.1) is 0 Å². The number of ether oxygens (including phenoxy) is 1. The molecule has 0 saturated heterocycles. The number of hydrogen-bond acceptors (Lipinski definition) is 1. The van der Waals surface area contributed by atoms with Crippen LogP contribution >= 0.6 is 0 Å². The molecule has 1 heterocycles. The Morgan fingerprint density at radius 1 is 0.333 bits per heavy atom. The normalized spacial score (nSPS) is 16.1. The van der Waals surface area contributed by atoms with Crippen LogP contribution in [0, 0.1) is 6.92 Å². The molecule has 1 atom stereocenters. The third-order valence-corrected chi connectivity index (χ3v) is 13.8. The van der Waals surface area contributed by atoms with Crippen LogP contribution in [0.2, 0.25) is 0 Å². The summed E-state index contributed by atoms with van der Waals surface area (Å²) in [6.45, 7) is 2.21. The van der Waals surface area contributed by atoms with Gasteiger partial charge in [0.25, 0.3) is 0 Å². The molecule has 1 spiro atoms. The fraction of sp³-hybridized carbons (Fsp3) is 0.0508. The minimum absolute atomic E-state index is 0.530. The van der Waals surface area contributed by atoms with E-state index >= 15 is 0 Å². The first-order chi connectivity index (χ1) is 29.6. The molecule has 0 saturated carbocycles. The van der Waals surface area contributed by atoms with Crippen molar-refractivity contribution in [3.63, 3.8) is 0 Å². The second-order valence-corrected chi connectivity index (χ2v) is 16.8. The van der Waals surface area contributed by atoms with Gasteiger partial charge in [-0.1, -0.05) is 181 Å². The number of fused-ring (bicyclic) bond motifs is 15. The van der Waals surface area contributed by atoms with Gasteiger partial charge in [-0.25, -0.2) is 0 Å². The highest BCUT2D eigenvalue weighted by Gasteiger charge is 2.52. The van der Waals surface area contributed by atoms with E-state index in [4.69, 9.17) is 4.74 Å². The van der Waals surface area contributed by atoms with Gasteiger partial charge in [0.05, 0.1) is 10.8 Å². The predicted octanol–water partition coefficient (Wildman–Crippen LogP) is 14.8. The van der Waals surface area contributed by atoms with Gasteiger partial charge >= 0.3 is 0 Å². The number of rotatable bonds is 3. The molecule has 1 unspecified atom stereocenters. The lowest BCUT2D eigenvalue weighted by atomic mass is 9.64. The van der Waals surface area contributed by atoms with Crippen molar-refractivity contribution in [1.82, 2.24) is 0 Å². The van der Waals surface area contributed by atoms with Crippen molar-refractivity contribution >= 4 is 21.5 Å². The summed E-state index contributed by atoms with van der Waals surface area (Å²) in [7, 11) is 0. The molecule has 10 aromatic carbocycles. The molecule has 0 bridgehead atoms. The second-order valence-electron chi connectivity index (χ2n) is 16.8. The molecule has 3 aliphatic rings. The topological polar surface area (TPSA) is 9.23 Å².